The van der Waals surface area contributed by atoms with Crippen molar-refractivity contribution >= 4 is 0 Å². The summed E-state index contributed by atoms with van der Waals surface area (Å²) >= 11 is 0. The van der Waals surface area contributed by atoms with E-state index in [1.807, 2.05) is 0 Å². The third-order valence-electron chi connectivity index (χ3n) is 4.33. The van der Waals surface area contributed by atoms with Gasteiger partial charge in [-0.3, -0.25) is 5.10 Å². The fourth-order valence-corrected chi connectivity index (χ4v) is 2.89. The quantitative estimate of drug-likeness (QED) is 0.755. The number of nitrogens with zero attached hydrogens (tertiary/aromatic N) is 2. The average Bonchev–Trinajstić information content (AvgIpc) is 3.08. The van der Waals surface area contributed by atoms with Gasteiger partial charge in [-0.05, 0) is 23.8 Å². The van der Waals surface area contributed by atoms with Crippen LogP contribution in [0.25, 0.3) is 0 Å². The van der Waals surface area contributed by atoms with Gasteiger partial charge >= 0.3 is 0 Å². The van der Waals surface area contributed by atoms with Crippen molar-refractivity contribution in [1.29, 1.82) is 0 Å². The predicted octanol–water partition coefficient (Wildman–Crippen LogP) is 3.32. The van der Waals surface area contributed by atoms with Crippen molar-refractivity contribution in [2.45, 2.75) is 24.9 Å². The Bertz CT molecular complexity index is 805. The summed E-state index contributed by atoms with van der Waals surface area (Å²) in [6.45, 7) is 1.77. The molecule has 2 unspecified atom stereocenters. The van der Waals surface area contributed by atoms with Gasteiger partial charge in [0.2, 0.25) is 0 Å². The molecule has 0 amide bonds. The Balaban J connectivity index is 2.07. The second-order valence-corrected chi connectivity index (χ2v) is 5.79. The highest BCUT2D eigenvalue weighted by atomic mass is 19.1. The molecule has 2 aromatic carbocycles. The standard InChI is InChI=1S/C18H17F2N3O/c1-12(13-6-8-14(19)9-7-13)18(24,10-17-21-11-22-23-17)15-4-2-3-5-16(15)20/h2-9,11-12,24H,10H2,1H3,(H,21,22,23). The maximum Gasteiger partial charge on any atom is 0.137 e. The van der Waals surface area contributed by atoms with Crippen LogP contribution in [0.4, 0.5) is 8.78 Å². The van der Waals surface area contributed by atoms with Gasteiger partial charge in [0, 0.05) is 17.9 Å². The Morgan fingerprint density at radius 1 is 1.12 bits per heavy atom. The molecule has 3 rings (SSSR count). The number of aromatic nitrogens is 3. The lowest BCUT2D eigenvalue weighted by Crippen LogP contribution is -2.36. The molecule has 2 N–H and O–H groups in total. The molecule has 0 aliphatic carbocycles. The Morgan fingerprint density at radius 3 is 2.46 bits per heavy atom. The van der Waals surface area contributed by atoms with Crippen molar-refractivity contribution in [3.8, 4) is 0 Å². The van der Waals surface area contributed by atoms with Crippen LogP contribution in [0.3, 0.4) is 0 Å². The van der Waals surface area contributed by atoms with Crippen molar-refractivity contribution < 1.29 is 13.9 Å². The van der Waals surface area contributed by atoms with Gasteiger partial charge in [0.05, 0.1) is 0 Å². The molecule has 0 saturated carbocycles. The van der Waals surface area contributed by atoms with Gasteiger partial charge in [-0.2, -0.15) is 5.10 Å². The highest BCUT2D eigenvalue weighted by Gasteiger charge is 2.39. The predicted molar refractivity (Wildman–Crippen MR) is 85.2 cm³/mol. The van der Waals surface area contributed by atoms with Crippen molar-refractivity contribution in [2.24, 2.45) is 0 Å². The molecule has 124 valence electrons. The number of hydrogen-bond donors (Lipinski definition) is 2. The minimum absolute atomic E-state index is 0.0481. The van der Waals surface area contributed by atoms with Gasteiger partial charge in [0.25, 0.3) is 0 Å². The van der Waals surface area contributed by atoms with E-state index in [-0.39, 0.29) is 17.8 Å². The summed E-state index contributed by atoms with van der Waals surface area (Å²) in [6.07, 6.45) is 1.38. The maximum absolute atomic E-state index is 14.4. The molecule has 0 aliphatic heterocycles. The zero-order chi connectivity index (χ0) is 17.2. The van der Waals surface area contributed by atoms with E-state index in [1.54, 1.807) is 37.3 Å². The Hall–Kier alpha value is -2.60. The van der Waals surface area contributed by atoms with Crippen molar-refractivity contribution in [3.63, 3.8) is 0 Å². The first kappa shape index (κ1) is 16.3. The van der Waals surface area contributed by atoms with Crippen molar-refractivity contribution in [1.82, 2.24) is 15.2 Å². The van der Waals surface area contributed by atoms with E-state index in [4.69, 9.17) is 0 Å². The third kappa shape index (κ3) is 3.05. The lowest BCUT2D eigenvalue weighted by Gasteiger charge is -2.34. The maximum atomic E-state index is 14.4. The average molecular weight is 329 g/mol. The fraction of sp³-hybridized carbons (Fsp3) is 0.222. The lowest BCUT2D eigenvalue weighted by atomic mass is 9.76. The molecule has 0 fully saturated rings. The topological polar surface area (TPSA) is 61.8 Å². The smallest absolute Gasteiger partial charge is 0.137 e. The monoisotopic (exact) mass is 329 g/mol. The first-order chi connectivity index (χ1) is 11.5. The van der Waals surface area contributed by atoms with Crippen LogP contribution in [0, 0.1) is 11.6 Å². The molecule has 4 nitrogen and oxygen atoms in total. The van der Waals surface area contributed by atoms with Crippen LogP contribution < -0.4 is 0 Å². The number of rotatable bonds is 5. The SMILES string of the molecule is CC(c1ccc(F)cc1)C(O)(Cc1ncn[nH]1)c1ccccc1F. The number of nitrogens with one attached hydrogen (secondary N) is 1. The van der Waals surface area contributed by atoms with Crippen molar-refractivity contribution in [2.75, 3.05) is 0 Å². The molecule has 1 aromatic heterocycles. The first-order valence-electron chi connectivity index (χ1n) is 7.58. The summed E-state index contributed by atoms with van der Waals surface area (Å²) in [4.78, 5) is 4.04. The molecule has 0 spiro atoms. The first-order valence-corrected chi connectivity index (χ1v) is 7.58. The van der Waals surface area contributed by atoms with E-state index in [0.29, 0.717) is 11.4 Å². The van der Waals surface area contributed by atoms with Gasteiger partial charge in [-0.25, -0.2) is 13.8 Å². The van der Waals surface area contributed by atoms with E-state index in [0.717, 1.165) is 0 Å². The molecule has 6 heteroatoms. The van der Waals surface area contributed by atoms with Crippen LogP contribution in [0.5, 0.6) is 0 Å². The van der Waals surface area contributed by atoms with E-state index in [9.17, 15) is 13.9 Å². The molecule has 2 atom stereocenters. The van der Waals surface area contributed by atoms with Gasteiger partial charge in [0.1, 0.15) is 29.4 Å². The zero-order valence-corrected chi connectivity index (χ0v) is 13.1. The Kier molecular flexibility index (Phi) is 4.40. The third-order valence-corrected chi connectivity index (χ3v) is 4.33. The molecule has 0 radical (unpaired) electrons. The van der Waals surface area contributed by atoms with Crippen LogP contribution >= 0.6 is 0 Å². The Morgan fingerprint density at radius 2 is 1.83 bits per heavy atom. The summed E-state index contributed by atoms with van der Waals surface area (Å²) in [6, 6.07) is 11.9. The molecule has 24 heavy (non-hydrogen) atoms. The van der Waals surface area contributed by atoms with Crippen molar-refractivity contribution in [3.05, 3.63) is 83.4 Å². The van der Waals surface area contributed by atoms with Gasteiger partial charge in [-0.15, -0.1) is 0 Å². The van der Waals surface area contributed by atoms with E-state index in [2.05, 4.69) is 15.2 Å². The number of H-pyrrole nitrogens is 1. The van der Waals surface area contributed by atoms with E-state index >= 15 is 0 Å². The number of benzene rings is 2. The van der Waals surface area contributed by atoms with Gasteiger partial charge in [0.15, 0.2) is 0 Å². The highest BCUT2D eigenvalue weighted by molar-refractivity contribution is 5.33. The summed E-state index contributed by atoms with van der Waals surface area (Å²) in [7, 11) is 0. The number of hydrogen-bond acceptors (Lipinski definition) is 3. The summed E-state index contributed by atoms with van der Waals surface area (Å²) < 4.78 is 27.6. The lowest BCUT2D eigenvalue weighted by molar-refractivity contribution is 0.00748. The van der Waals surface area contributed by atoms with E-state index in [1.165, 1.54) is 24.5 Å². The molecule has 3 aromatic rings. The molecule has 1 heterocycles. The van der Waals surface area contributed by atoms with Crippen LogP contribution in [0.2, 0.25) is 0 Å². The summed E-state index contributed by atoms with van der Waals surface area (Å²) in [5.74, 6) is -0.932. The molecule has 0 saturated heterocycles. The largest absolute Gasteiger partial charge is 0.384 e. The molecular formula is C18H17F2N3O. The van der Waals surface area contributed by atoms with E-state index < -0.39 is 17.3 Å². The molecule has 0 aliphatic rings. The van der Waals surface area contributed by atoms with Gasteiger partial charge < -0.3 is 5.11 Å². The summed E-state index contributed by atoms with van der Waals surface area (Å²) in [5.41, 5.74) is -0.706. The Labute approximate surface area is 138 Å². The number of aromatic amines is 1. The second-order valence-electron chi connectivity index (χ2n) is 5.79. The van der Waals surface area contributed by atoms with Crippen LogP contribution in [0.15, 0.2) is 54.9 Å². The highest BCUT2D eigenvalue weighted by Crippen LogP contribution is 2.40. The minimum Gasteiger partial charge on any atom is -0.384 e. The summed E-state index contributed by atoms with van der Waals surface area (Å²) in [5, 5.41) is 17.9. The number of aliphatic hydroxyl groups is 1. The van der Waals surface area contributed by atoms with Gasteiger partial charge in [-0.1, -0.05) is 37.3 Å². The minimum atomic E-state index is -1.57. The fourth-order valence-electron chi connectivity index (χ4n) is 2.89. The van der Waals surface area contributed by atoms with Crippen LogP contribution in [-0.4, -0.2) is 20.3 Å². The molecule has 0 bridgehead atoms. The van der Waals surface area contributed by atoms with Crippen LogP contribution in [0.1, 0.15) is 29.8 Å². The number of halogens is 2. The van der Waals surface area contributed by atoms with Crippen LogP contribution in [-0.2, 0) is 12.0 Å². The zero-order valence-electron chi connectivity index (χ0n) is 13.1. The normalized spacial score (nSPS) is 15.0. The second kappa shape index (κ2) is 6.49. The molecular weight excluding hydrogens is 312 g/mol.